The number of aryl methyl sites for hydroxylation is 4. The Labute approximate surface area is 201 Å². The average molecular weight is 451 g/mol. The maximum atomic E-state index is 14.3. The summed E-state index contributed by atoms with van der Waals surface area (Å²) in [5.74, 6) is -0.496. The minimum atomic E-state index is -1.90. The van der Waals surface area contributed by atoms with Gasteiger partial charge in [-0.2, -0.15) is 0 Å². The number of nitrogens with zero attached hydrogens (tertiary/aromatic N) is 1. The van der Waals surface area contributed by atoms with E-state index >= 15 is 0 Å². The van der Waals surface area contributed by atoms with Gasteiger partial charge in [-0.05, 0) is 63.1 Å². The van der Waals surface area contributed by atoms with Crippen molar-refractivity contribution >= 4 is 17.3 Å². The standard InChI is InChI=1S/C30H30N2O2/c1-21-5-13-25(14-6-21)30(34,26-15-7-22(2)8-16-26)29(33)32(28-19-11-24(4)12-20-28)31-27-17-9-23(3)10-18-27/h5-20,31,34H,1-4H3. The highest BCUT2D eigenvalue weighted by atomic mass is 16.3. The van der Waals surface area contributed by atoms with Gasteiger partial charge in [0.15, 0.2) is 5.60 Å². The third kappa shape index (κ3) is 4.73. The van der Waals surface area contributed by atoms with E-state index in [0.717, 1.165) is 27.9 Å². The number of rotatable bonds is 6. The van der Waals surface area contributed by atoms with Gasteiger partial charge in [-0.1, -0.05) is 95.1 Å². The number of aliphatic hydroxyl groups is 1. The van der Waals surface area contributed by atoms with E-state index in [1.807, 2.05) is 125 Å². The quantitative estimate of drug-likeness (QED) is 0.343. The molecule has 172 valence electrons. The van der Waals surface area contributed by atoms with E-state index in [1.54, 1.807) is 0 Å². The lowest BCUT2D eigenvalue weighted by Gasteiger charge is -2.35. The highest BCUT2D eigenvalue weighted by Gasteiger charge is 2.43. The largest absolute Gasteiger partial charge is 0.372 e. The summed E-state index contributed by atoms with van der Waals surface area (Å²) in [4.78, 5) is 14.3. The van der Waals surface area contributed by atoms with Crippen LogP contribution in [0.3, 0.4) is 0 Å². The predicted molar refractivity (Wildman–Crippen MR) is 139 cm³/mol. The van der Waals surface area contributed by atoms with Gasteiger partial charge in [-0.25, -0.2) is 5.01 Å². The van der Waals surface area contributed by atoms with Crippen molar-refractivity contribution in [3.8, 4) is 0 Å². The molecule has 0 aliphatic heterocycles. The lowest BCUT2D eigenvalue weighted by Crippen LogP contribution is -2.50. The monoisotopic (exact) mass is 450 g/mol. The Morgan fingerprint density at radius 2 is 0.971 bits per heavy atom. The Hall–Kier alpha value is -3.89. The van der Waals surface area contributed by atoms with Crippen molar-refractivity contribution in [1.82, 2.24) is 0 Å². The zero-order valence-electron chi connectivity index (χ0n) is 20.0. The molecule has 1 amide bonds. The number of carbonyl (C=O) groups is 1. The number of hydrogen-bond acceptors (Lipinski definition) is 3. The summed E-state index contributed by atoms with van der Waals surface area (Å²) >= 11 is 0. The van der Waals surface area contributed by atoms with Gasteiger partial charge < -0.3 is 5.11 Å². The van der Waals surface area contributed by atoms with Crippen LogP contribution in [0.15, 0.2) is 97.1 Å². The van der Waals surface area contributed by atoms with Crippen LogP contribution in [0.1, 0.15) is 33.4 Å². The Morgan fingerprint density at radius 1 is 0.618 bits per heavy atom. The van der Waals surface area contributed by atoms with Crippen LogP contribution >= 0.6 is 0 Å². The fourth-order valence-corrected chi connectivity index (χ4v) is 3.85. The van der Waals surface area contributed by atoms with Crippen LogP contribution in [-0.4, -0.2) is 11.0 Å². The van der Waals surface area contributed by atoms with Crippen LogP contribution in [0.5, 0.6) is 0 Å². The minimum absolute atomic E-state index is 0.496. The number of benzene rings is 4. The molecule has 0 aliphatic rings. The van der Waals surface area contributed by atoms with Crippen molar-refractivity contribution in [2.24, 2.45) is 0 Å². The smallest absolute Gasteiger partial charge is 0.286 e. The molecule has 0 atom stereocenters. The SMILES string of the molecule is Cc1ccc(NN(C(=O)C(O)(c2ccc(C)cc2)c2ccc(C)cc2)c2ccc(C)cc2)cc1. The molecular formula is C30H30N2O2. The molecule has 0 saturated heterocycles. The first-order valence-electron chi connectivity index (χ1n) is 11.4. The Balaban J connectivity index is 1.86. The van der Waals surface area contributed by atoms with E-state index in [2.05, 4.69) is 5.43 Å². The lowest BCUT2D eigenvalue weighted by atomic mass is 9.84. The predicted octanol–water partition coefficient (Wildman–Crippen LogP) is 6.22. The molecular weight excluding hydrogens is 420 g/mol. The zero-order valence-corrected chi connectivity index (χ0v) is 20.0. The topological polar surface area (TPSA) is 52.6 Å². The third-order valence-electron chi connectivity index (χ3n) is 6.04. The minimum Gasteiger partial charge on any atom is -0.372 e. The van der Waals surface area contributed by atoms with Crippen molar-refractivity contribution in [2.75, 3.05) is 10.4 Å². The molecule has 0 spiro atoms. The van der Waals surface area contributed by atoms with Crippen molar-refractivity contribution in [1.29, 1.82) is 0 Å². The fraction of sp³-hybridized carbons (Fsp3) is 0.167. The van der Waals surface area contributed by atoms with E-state index < -0.39 is 11.5 Å². The molecule has 0 fully saturated rings. The van der Waals surface area contributed by atoms with Crippen molar-refractivity contribution in [3.05, 3.63) is 130 Å². The molecule has 0 aromatic heterocycles. The summed E-state index contributed by atoms with van der Waals surface area (Å²) in [6.07, 6.45) is 0. The van der Waals surface area contributed by atoms with Gasteiger partial charge >= 0.3 is 0 Å². The molecule has 0 saturated carbocycles. The molecule has 0 heterocycles. The molecule has 0 aliphatic carbocycles. The Morgan fingerprint density at radius 3 is 1.38 bits per heavy atom. The van der Waals surface area contributed by atoms with E-state index in [9.17, 15) is 9.90 Å². The molecule has 4 rings (SSSR count). The fourth-order valence-electron chi connectivity index (χ4n) is 3.85. The van der Waals surface area contributed by atoms with E-state index in [-0.39, 0.29) is 0 Å². The summed E-state index contributed by atoms with van der Waals surface area (Å²) in [5, 5.41) is 13.6. The maximum absolute atomic E-state index is 14.3. The number of hydrazine groups is 1. The molecule has 4 aromatic rings. The summed E-state index contributed by atoms with van der Waals surface area (Å²) in [6.45, 7) is 7.97. The van der Waals surface area contributed by atoms with Crippen LogP contribution < -0.4 is 10.4 Å². The van der Waals surface area contributed by atoms with Gasteiger partial charge in [0.25, 0.3) is 5.91 Å². The van der Waals surface area contributed by atoms with E-state index in [4.69, 9.17) is 0 Å². The highest BCUT2D eigenvalue weighted by molar-refractivity contribution is 6.03. The van der Waals surface area contributed by atoms with Gasteiger partial charge in [0.2, 0.25) is 0 Å². The Kier molecular flexibility index (Phi) is 6.53. The van der Waals surface area contributed by atoms with Crippen molar-refractivity contribution < 1.29 is 9.90 Å². The molecule has 34 heavy (non-hydrogen) atoms. The molecule has 0 unspecified atom stereocenters. The highest BCUT2D eigenvalue weighted by Crippen LogP contribution is 2.34. The van der Waals surface area contributed by atoms with Crippen LogP contribution in [0.25, 0.3) is 0 Å². The van der Waals surface area contributed by atoms with E-state index in [1.165, 1.54) is 5.01 Å². The second-order valence-electron chi connectivity index (χ2n) is 8.90. The maximum Gasteiger partial charge on any atom is 0.286 e. The van der Waals surface area contributed by atoms with Crippen LogP contribution in [0, 0.1) is 27.7 Å². The number of amides is 1. The van der Waals surface area contributed by atoms with Crippen molar-refractivity contribution in [3.63, 3.8) is 0 Å². The van der Waals surface area contributed by atoms with E-state index in [0.29, 0.717) is 16.8 Å². The van der Waals surface area contributed by atoms with Crippen LogP contribution in [0.2, 0.25) is 0 Å². The first-order valence-corrected chi connectivity index (χ1v) is 11.4. The van der Waals surface area contributed by atoms with Gasteiger partial charge in [0, 0.05) is 0 Å². The van der Waals surface area contributed by atoms with Gasteiger partial charge in [0.05, 0.1) is 11.4 Å². The zero-order chi connectivity index (χ0) is 24.3. The number of carbonyl (C=O) groups excluding carboxylic acids is 1. The second-order valence-corrected chi connectivity index (χ2v) is 8.90. The summed E-state index contributed by atoms with van der Waals surface area (Å²) in [6, 6.07) is 30.3. The van der Waals surface area contributed by atoms with Crippen molar-refractivity contribution in [2.45, 2.75) is 33.3 Å². The molecule has 4 nitrogen and oxygen atoms in total. The first-order chi connectivity index (χ1) is 16.3. The molecule has 2 N–H and O–H groups in total. The lowest BCUT2D eigenvalue weighted by molar-refractivity contribution is -0.133. The van der Waals surface area contributed by atoms with Gasteiger partial charge in [-0.3, -0.25) is 10.2 Å². The summed E-state index contributed by atoms with van der Waals surface area (Å²) in [7, 11) is 0. The molecule has 4 aromatic carbocycles. The Bertz CT molecular complexity index is 1210. The molecule has 4 heteroatoms. The second kappa shape index (κ2) is 9.54. The van der Waals surface area contributed by atoms with Gasteiger partial charge in [-0.15, -0.1) is 0 Å². The number of hydrogen-bond donors (Lipinski definition) is 2. The normalized spacial score (nSPS) is 11.2. The summed E-state index contributed by atoms with van der Waals surface area (Å²) < 4.78 is 0. The summed E-state index contributed by atoms with van der Waals surface area (Å²) in [5.41, 5.74) is 8.04. The van der Waals surface area contributed by atoms with Crippen LogP contribution in [-0.2, 0) is 10.4 Å². The average Bonchev–Trinajstić information content (AvgIpc) is 2.84. The van der Waals surface area contributed by atoms with Crippen LogP contribution in [0.4, 0.5) is 11.4 Å². The molecule has 0 radical (unpaired) electrons. The number of nitrogens with one attached hydrogen (secondary N) is 1. The third-order valence-corrected chi connectivity index (χ3v) is 6.04. The number of anilines is 2. The van der Waals surface area contributed by atoms with Gasteiger partial charge in [0.1, 0.15) is 0 Å². The molecule has 0 bridgehead atoms. The first kappa shape index (κ1) is 23.3.